The minimum absolute atomic E-state index is 0.0632. The highest BCUT2D eigenvalue weighted by Crippen LogP contribution is 2.56. The van der Waals surface area contributed by atoms with Gasteiger partial charge in [0.05, 0.1) is 16.9 Å². The highest BCUT2D eigenvalue weighted by Gasteiger charge is 2.48. The molecule has 1 aromatic heterocycles. The van der Waals surface area contributed by atoms with Crippen LogP contribution in [0, 0.1) is 5.92 Å². The number of fused-ring (bicyclic) bond motifs is 3. The van der Waals surface area contributed by atoms with Crippen LogP contribution in [-0.2, 0) is 0 Å². The van der Waals surface area contributed by atoms with Gasteiger partial charge in [-0.1, -0.05) is 134 Å². The fourth-order valence-electron chi connectivity index (χ4n) is 7.20. The molecular formula is C42H35N3. The Labute approximate surface area is 265 Å². The summed E-state index contributed by atoms with van der Waals surface area (Å²) >= 11 is 0. The molecule has 8 rings (SSSR count). The van der Waals surface area contributed by atoms with E-state index in [2.05, 4.69) is 134 Å². The summed E-state index contributed by atoms with van der Waals surface area (Å²) in [4.78, 5) is 12.5. The highest BCUT2D eigenvalue weighted by molar-refractivity contribution is 5.79. The van der Waals surface area contributed by atoms with E-state index in [0.717, 1.165) is 33.9 Å². The van der Waals surface area contributed by atoms with Crippen molar-refractivity contribution in [1.29, 1.82) is 0 Å². The first-order valence-electron chi connectivity index (χ1n) is 15.9. The molecule has 0 saturated carbocycles. The van der Waals surface area contributed by atoms with Crippen molar-refractivity contribution in [3.8, 4) is 45.0 Å². The monoisotopic (exact) mass is 581 g/mol. The van der Waals surface area contributed by atoms with Gasteiger partial charge in [-0.05, 0) is 60.2 Å². The van der Waals surface area contributed by atoms with Gasteiger partial charge in [-0.2, -0.15) is 0 Å². The number of nitrogens with zero attached hydrogens (tertiary/aromatic N) is 3. The SMILES string of the molecule is CC1C=CC2(C)C(C1)c1ccccc1N2c1ccc(-c2ccc(-c3nc(-c4ccccc4)cc(-c4ccccc4)n3)cc2)cc1. The van der Waals surface area contributed by atoms with Crippen molar-refractivity contribution in [2.45, 2.75) is 31.7 Å². The standard InChI is InChI=1S/C42H35N3/c1-29-25-26-42(2)37(27-29)36-15-9-10-16-40(36)45(42)35-23-21-31(22-24-35)30-17-19-34(20-18-30)41-43-38(32-11-5-3-6-12-32)28-39(44-41)33-13-7-4-8-14-33/h3-26,28-29,37H,27H2,1-2H3. The third kappa shape index (κ3) is 4.85. The zero-order valence-electron chi connectivity index (χ0n) is 25.6. The lowest BCUT2D eigenvalue weighted by Crippen LogP contribution is -2.43. The molecule has 0 spiro atoms. The topological polar surface area (TPSA) is 29.0 Å². The second-order valence-electron chi connectivity index (χ2n) is 12.6. The predicted octanol–water partition coefficient (Wildman–Crippen LogP) is 10.7. The Morgan fingerprint density at radius 2 is 1.13 bits per heavy atom. The van der Waals surface area contributed by atoms with Crippen LogP contribution >= 0.6 is 0 Å². The summed E-state index contributed by atoms with van der Waals surface area (Å²) in [6.07, 6.45) is 6.01. The fraction of sp³-hybridized carbons (Fsp3) is 0.143. The van der Waals surface area contributed by atoms with Gasteiger partial charge in [0.1, 0.15) is 0 Å². The molecule has 3 heteroatoms. The average molecular weight is 582 g/mol. The van der Waals surface area contributed by atoms with E-state index in [4.69, 9.17) is 9.97 Å². The molecule has 3 unspecified atom stereocenters. The summed E-state index contributed by atoms with van der Waals surface area (Å²) in [5.41, 5.74) is 11.3. The van der Waals surface area contributed by atoms with Gasteiger partial charge in [0, 0.05) is 34.0 Å². The highest BCUT2D eigenvalue weighted by atomic mass is 15.2. The predicted molar refractivity (Wildman–Crippen MR) is 186 cm³/mol. The van der Waals surface area contributed by atoms with Crippen LogP contribution in [0.2, 0.25) is 0 Å². The third-order valence-electron chi connectivity index (χ3n) is 9.58. The van der Waals surface area contributed by atoms with E-state index in [-0.39, 0.29) is 5.54 Å². The second kappa shape index (κ2) is 11.0. The van der Waals surface area contributed by atoms with Crippen LogP contribution in [0.3, 0.4) is 0 Å². The first-order valence-corrected chi connectivity index (χ1v) is 15.9. The van der Waals surface area contributed by atoms with E-state index < -0.39 is 0 Å². The van der Waals surface area contributed by atoms with E-state index in [9.17, 15) is 0 Å². The molecule has 218 valence electrons. The molecule has 2 aliphatic rings. The average Bonchev–Trinajstić information content (AvgIpc) is 3.37. The van der Waals surface area contributed by atoms with Crippen molar-refractivity contribution in [3.05, 3.63) is 157 Å². The van der Waals surface area contributed by atoms with Gasteiger partial charge in [0.15, 0.2) is 5.82 Å². The number of allylic oxidation sites excluding steroid dienone is 1. The molecule has 1 aliphatic heterocycles. The molecular weight excluding hydrogens is 546 g/mol. The summed E-state index contributed by atoms with van der Waals surface area (Å²) in [5, 5.41) is 0. The van der Waals surface area contributed by atoms with Crippen LogP contribution in [0.5, 0.6) is 0 Å². The number of anilines is 2. The van der Waals surface area contributed by atoms with Gasteiger partial charge >= 0.3 is 0 Å². The summed E-state index contributed by atoms with van der Waals surface area (Å²) in [6, 6.07) is 49.4. The van der Waals surface area contributed by atoms with Crippen LogP contribution in [-0.4, -0.2) is 15.5 Å². The maximum atomic E-state index is 5.00. The molecule has 2 heterocycles. The van der Waals surface area contributed by atoms with Crippen molar-refractivity contribution in [2.75, 3.05) is 4.90 Å². The van der Waals surface area contributed by atoms with Gasteiger partial charge in [0.2, 0.25) is 0 Å². The second-order valence-corrected chi connectivity index (χ2v) is 12.6. The number of rotatable bonds is 5. The molecule has 5 aromatic carbocycles. The van der Waals surface area contributed by atoms with Crippen LogP contribution < -0.4 is 4.90 Å². The lowest BCUT2D eigenvalue weighted by molar-refractivity contribution is 0.395. The Morgan fingerprint density at radius 1 is 0.600 bits per heavy atom. The van der Waals surface area contributed by atoms with Crippen LogP contribution in [0.15, 0.2) is 152 Å². The normalized spacial score (nSPS) is 20.1. The minimum Gasteiger partial charge on any atom is -0.331 e. The molecule has 0 fully saturated rings. The lowest BCUT2D eigenvalue weighted by atomic mass is 9.73. The number of hydrogen-bond acceptors (Lipinski definition) is 3. The van der Waals surface area contributed by atoms with Crippen LogP contribution in [0.4, 0.5) is 11.4 Å². The smallest absolute Gasteiger partial charge is 0.160 e. The Morgan fingerprint density at radius 3 is 1.76 bits per heavy atom. The molecule has 0 bridgehead atoms. The van der Waals surface area contributed by atoms with Crippen molar-refractivity contribution in [1.82, 2.24) is 9.97 Å². The third-order valence-corrected chi connectivity index (χ3v) is 9.58. The summed E-state index contributed by atoms with van der Waals surface area (Å²) in [6.45, 7) is 4.72. The van der Waals surface area contributed by atoms with Crippen molar-refractivity contribution in [2.24, 2.45) is 5.92 Å². The fourth-order valence-corrected chi connectivity index (χ4v) is 7.20. The largest absolute Gasteiger partial charge is 0.331 e. The zero-order chi connectivity index (χ0) is 30.4. The maximum absolute atomic E-state index is 5.00. The van der Waals surface area contributed by atoms with Gasteiger partial charge < -0.3 is 4.90 Å². The minimum atomic E-state index is -0.0632. The summed E-state index contributed by atoms with van der Waals surface area (Å²) in [7, 11) is 0. The molecule has 0 N–H and O–H groups in total. The van der Waals surface area contributed by atoms with Crippen molar-refractivity contribution in [3.63, 3.8) is 0 Å². The van der Waals surface area contributed by atoms with E-state index in [1.807, 2.05) is 36.4 Å². The molecule has 0 amide bonds. The molecule has 45 heavy (non-hydrogen) atoms. The van der Waals surface area contributed by atoms with Crippen molar-refractivity contribution < 1.29 is 0 Å². The molecule has 0 saturated heterocycles. The van der Waals surface area contributed by atoms with E-state index >= 15 is 0 Å². The first-order chi connectivity index (χ1) is 22.1. The Hall–Kier alpha value is -5.28. The van der Waals surface area contributed by atoms with Gasteiger partial charge in [-0.15, -0.1) is 0 Å². The molecule has 1 aliphatic carbocycles. The molecule has 3 nitrogen and oxygen atoms in total. The van der Waals surface area contributed by atoms with Crippen molar-refractivity contribution >= 4 is 11.4 Å². The summed E-state index contributed by atoms with van der Waals surface area (Å²) < 4.78 is 0. The van der Waals surface area contributed by atoms with Crippen LogP contribution in [0.25, 0.3) is 45.0 Å². The zero-order valence-corrected chi connectivity index (χ0v) is 25.6. The molecule has 0 radical (unpaired) electrons. The van der Waals surface area contributed by atoms with E-state index in [1.54, 1.807) is 0 Å². The Bertz CT molecular complexity index is 1940. The number of para-hydroxylation sites is 1. The van der Waals surface area contributed by atoms with E-state index in [1.165, 1.54) is 34.5 Å². The number of hydrogen-bond donors (Lipinski definition) is 0. The Kier molecular flexibility index (Phi) is 6.68. The Balaban J connectivity index is 1.11. The molecule has 6 aromatic rings. The quantitative estimate of drug-likeness (QED) is 0.190. The van der Waals surface area contributed by atoms with Gasteiger partial charge in [0.25, 0.3) is 0 Å². The maximum Gasteiger partial charge on any atom is 0.160 e. The number of aromatic nitrogens is 2. The van der Waals surface area contributed by atoms with Crippen LogP contribution in [0.1, 0.15) is 31.7 Å². The number of benzene rings is 5. The van der Waals surface area contributed by atoms with Gasteiger partial charge in [-0.3, -0.25) is 0 Å². The lowest BCUT2D eigenvalue weighted by Gasteiger charge is -2.42. The summed E-state index contributed by atoms with van der Waals surface area (Å²) in [5.74, 6) is 1.81. The van der Waals surface area contributed by atoms with E-state index in [0.29, 0.717) is 11.8 Å². The van der Waals surface area contributed by atoms with Gasteiger partial charge in [-0.25, -0.2) is 9.97 Å². The molecule has 3 atom stereocenters. The first kappa shape index (κ1) is 27.3.